The lowest BCUT2D eigenvalue weighted by Crippen LogP contribution is -2.74. The highest BCUT2D eigenvalue weighted by atomic mass is 35.5. The van der Waals surface area contributed by atoms with Crippen molar-refractivity contribution in [2.75, 3.05) is 45.1 Å². The summed E-state index contributed by atoms with van der Waals surface area (Å²) in [6.45, 7) is 6.04. The van der Waals surface area contributed by atoms with Gasteiger partial charge in [-0.05, 0) is 5.56 Å². The molecular formula is C16H21ClN2O. The van der Waals surface area contributed by atoms with Gasteiger partial charge in [0.2, 0.25) is 0 Å². The van der Waals surface area contributed by atoms with Gasteiger partial charge < -0.3 is 14.9 Å². The van der Waals surface area contributed by atoms with Crippen LogP contribution in [0.3, 0.4) is 0 Å². The third kappa shape index (κ3) is 1.58. The number of hydrogen-bond acceptors (Lipinski definition) is 3. The summed E-state index contributed by atoms with van der Waals surface area (Å²) in [5.74, 6) is 0.582. The number of rotatable bonds is 2. The van der Waals surface area contributed by atoms with Gasteiger partial charge in [-0.1, -0.05) is 30.3 Å². The molecule has 108 valence electrons. The van der Waals surface area contributed by atoms with E-state index in [1.807, 2.05) is 6.07 Å². The zero-order chi connectivity index (χ0) is 13.8. The number of aliphatic hydroxyl groups is 1. The molecule has 4 bridgehead atoms. The summed E-state index contributed by atoms with van der Waals surface area (Å²) in [6, 6.07) is 10.5. The quantitative estimate of drug-likeness (QED) is 0.829. The summed E-state index contributed by atoms with van der Waals surface area (Å²) in [4.78, 5) is 5.04. The molecule has 0 aromatic heterocycles. The van der Waals surface area contributed by atoms with Crippen molar-refractivity contribution >= 4 is 11.6 Å². The molecule has 3 nitrogen and oxygen atoms in total. The van der Waals surface area contributed by atoms with Crippen molar-refractivity contribution in [3.8, 4) is 0 Å². The predicted octanol–water partition coefficient (Wildman–Crippen LogP) is 1.16. The van der Waals surface area contributed by atoms with Crippen LogP contribution in [0.25, 0.3) is 0 Å². The monoisotopic (exact) mass is 292 g/mol. The van der Waals surface area contributed by atoms with E-state index in [1.165, 1.54) is 5.56 Å². The first-order chi connectivity index (χ1) is 9.68. The van der Waals surface area contributed by atoms with Crippen LogP contribution in [0, 0.1) is 5.92 Å². The highest BCUT2D eigenvalue weighted by Crippen LogP contribution is 2.50. The van der Waals surface area contributed by atoms with Crippen LogP contribution >= 0.6 is 11.6 Å². The van der Waals surface area contributed by atoms with E-state index in [9.17, 15) is 5.11 Å². The van der Waals surface area contributed by atoms with Gasteiger partial charge in [-0.25, -0.2) is 0 Å². The van der Waals surface area contributed by atoms with E-state index in [0.717, 1.165) is 39.3 Å². The van der Waals surface area contributed by atoms with Crippen molar-refractivity contribution in [1.29, 1.82) is 0 Å². The molecule has 3 atom stereocenters. The molecule has 1 N–H and O–H groups in total. The van der Waals surface area contributed by atoms with Gasteiger partial charge in [0.15, 0.2) is 0 Å². The first kappa shape index (κ1) is 13.1. The van der Waals surface area contributed by atoms with E-state index in [1.54, 1.807) is 0 Å². The molecule has 20 heavy (non-hydrogen) atoms. The van der Waals surface area contributed by atoms with E-state index in [2.05, 4.69) is 34.1 Å². The SMILES string of the molecule is OC1(CCl)C2CN3CCN(C2)CC1(c1ccccc1)C3. The van der Waals surface area contributed by atoms with Crippen molar-refractivity contribution in [2.45, 2.75) is 11.0 Å². The van der Waals surface area contributed by atoms with Crippen LogP contribution in [0.15, 0.2) is 30.3 Å². The number of benzene rings is 1. The molecule has 5 rings (SSSR count). The maximum atomic E-state index is 11.4. The van der Waals surface area contributed by atoms with Crippen molar-refractivity contribution in [3.63, 3.8) is 0 Å². The van der Waals surface area contributed by atoms with E-state index in [0.29, 0.717) is 5.88 Å². The molecule has 4 heterocycles. The molecule has 0 saturated carbocycles. The van der Waals surface area contributed by atoms with Crippen molar-refractivity contribution < 1.29 is 5.11 Å². The third-order valence-electron chi connectivity index (χ3n) is 5.71. The van der Waals surface area contributed by atoms with Gasteiger partial charge in [-0.2, -0.15) is 0 Å². The van der Waals surface area contributed by atoms with E-state index in [4.69, 9.17) is 11.6 Å². The van der Waals surface area contributed by atoms with E-state index in [-0.39, 0.29) is 11.3 Å². The van der Waals surface area contributed by atoms with Crippen LogP contribution in [-0.4, -0.2) is 65.7 Å². The molecule has 0 radical (unpaired) electrons. The van der Waals surface area contributed by atoms with E-state index >= 15 is 0 Å². The first-order valence-electron chi connectivity index (χ1n) is 7.46. The predicted molar refractivity (Wildman–Crippen MR) is 80.2 cm³/mol. The zero-order valence-electron chi connectivity index (χ0n) is 11.6. The molecule has 0 spiro atoms. The van der Waals surface area contributed by atoms with Crippen LogP contribution < -0.4 is 0 Å². The fourth-order valence-electron chi connectivity index (χ4n) is 4.64. The number of nitrogens with zero attached hydrogens (tertiary/aromatic N) is 2. The summed E-state index contributed by atoms with van der Waals surface area (Å²) >= 11 is 6.29. The maximum absolute atomic E-state index is 11.4. The van der Waals surface area contributed by atoms with E-state index < -0.39 is 5.60 Å². The first-order valence-corrected chi connectivity index (χ1v) is 8.00. The molecular weight excluding hydrogens is 272 g/mol. The molecule has 4 aliphatic rings. The molecule has 4 heteroatoms. The van der Waals surface area contributed by atoms with Crippen molar-refractivity contribution in [1.82, 2.24) is 9.80 Å². The fraction of sp³-hybridized carbons (Fsp3) is 0.625. The average Bonchev–Trinajstić information content (AvgIpc) is 2.74. The second-order valence-corrected chi connectivity index (χ2v) is 6.94. The molecule has 0 aliphatic carbocycles. The highest BCUT2D eigenvalue weighted by molar-refractivity contribution is 6.18. The normalized spacial score (nSPS) is 46.4. The molecule has 4 aliphatic heterocycles. The second kappa shape index (κ2) is 4.44. The molecule has 4 fully saturated rings. The Balaban J connectivity index is 1.89. The molecule has 1 aromatic carbocycles. The number of hydrogen-bond donors (Lipinski definition) is 1. The van der Waals surface area contributed by atoms with Crippen LogP contribution in [0.1, 0.15) is 5.56 Å². The minimum absolute atomic E-state index is 0.242. The lowest BCUT2D eigenvalue weighted by molar-refractivity contribution is -0.146. The van der Waals surface area contributed by atoms with Crippen LogP contribution in [0.2, 0.25) is 0 Å². The largest absolute Gasteiger partial charge is 0.387 e. The third-order valence-corrected chi connectivity index (χ3v) is 6.12. The Bertz CT molecular complexity index is 492. The summed E-state index contributed by atoms with van der Waals surface area (Å²) < 4.78 is 0. The fourth-order valence-corrected chi connectivity index (χ4v) is 5.11. The summed E-state index contributed by atoms with van der Waals surface area (Å²) in [5, 5.41) is 11.4. The van der Waals surface area contributed by atoms with Crippen LogP contribution in [0.5, 0.6) is 0 Å². The average molecular weight is 293 g/mol. The van der Waals surface area contributed by atoms with Gasteiger partial charge in [-0.3, -0.25) is 0 Å². The topological polar surface area (TPSA) is 26.7 Å². The van der Waals surface area contributed by atoms with Gasteiger partial charge in [0, 0.05) is 45.2 Å². The van der Waals surface area contributed by atoms with Crippen molar-refractivity contribution in [3.05, 3.63) is 35.9 Å². The van der Waals surface area contributed by atoms with Gasteiger partial charge in [0.25, 0.3) is 0 Å². The number of halogens is 1. The molecule has 3 unspecified atom stereocenters. The van der Waals surface area contributed by atoms with Gasteiger partial charge in [0.05, 0.1) is 16.9 Å². The Labute approximate surface area is 125 Å². The number of alkyl halides is 1. The number of piperidine rings is 2. The van der Waals surface area contributed by atoms with Gasteiger partial charge >= 0.3 is 0 Å². The van der Waals surface area contributed by atoms with Gasteiger partial charge in [0.1, 0.15) is 0 Å². The molecule has 0 amide bonds. The summed E-state index contributed by atoms with van der Waals surface area (Å²) in [6.07, 6.45) is 0. The summed E-state index contributed by atoms with van der Waals surface area (Å²) in [5.41, 5.74) is 0.213. The highest BCUT2D eigenvalue weighted by Gasteiger charge is 2.63. The minimum atomic E-state index is -0.784. The Morgan fingerprint density at radius 2 is 1.70 bits per heavy atom. The second-order valence-electron chi connectivity index (χ2n) is 6.67. The standard InChI is InChI=1S/C16H21ClN2O/c17-10-16(20)14-8-18-6-7-19(9-14)12-15(16,11-18)13-4-2-1-3-5-13/h1-5,14,20H,6-12H2. The van der Waals surface area contributed by atoms with Crippen molar-refractivity contribution in [2.24, 2.45) is 5.92 Å². The molecule has 4 saturated heterocycles. The smallest absolute Gasteiger partial charge is 0.0955 e. The van der Waals surface area contributed by atoms with Gasteiger partial charge in [-0.15, -0.1) is 11.6 Å². The minimum Gasteiger partial charge on any atom is -0.387 e. The maximum Gasteiger partial charge on any atom is 0.0955 e. The number of fused-ring (bicyclic) bond motifs is 1. The molecule has 1 aromatic rings. The van der Waals surface area contributed by atoms with Crippen LogP contribution in [0.4, 0.5) is 0 Å². The Kier molecular flexibility index (Phi) is 2.90. The zero-order valence-corrected chi connectivity index (χ0v) is 12.4. The Morgan fingerprint density at radius 3 is 2.25 bits per heavy atom. The lowest BCUT2D eigenvalue weighted by Gasteiger charge is -2.60. The van der Waals surface area contributed by atoms with Crippen LogP contribution in [-0.2, 0) is 5.41 Å². The Hall–Kier alpha value is -0.610. The summed E-state index contributed by atoms with van der Waals surface area (Å²) in [7, 11) is 0. The lowest BCUT2D eigenvalue weighted by atomic mass is 9.58. The Morgan fingerprint density at radius 1 is 1.10 bits per heavy atom.